The highest BCUT2D eigenvalue weighted by Gasteiger charge is 2.51. The van der Waals surface area contributed by atoms with Crippen molar-refractivity contribution in [2.24, 2.45) is 16.1 Å². The Bertz CT molecular complexity index is 1360. The number of halogens is 1. The van der Waals surface area contributed by atoms with Gasteiger partial charge in [0.2, 0.25) is 5.89 Å². The SMILES string of the molecule is Cc1cccc(OSN(C)N2CCC3=CC(=Nc4ccc(F)cc4)C(=CN)CC3(C(O)c3ncco3)C2)c1. The Hall–Kier alpha value is -3.44. The Labute approximate surface area is 225 Å². The second kappa shape index (κ2) is 11.1. The number of hydrogen-bond donors (Lipinski definition) is 2. The number of fused-ring (bicyclic) bond motifs is 1. The standard InChI is InChI=1S/C28H30FN5O3S/c1-19-4-3-5-24(14-19)37-38-33(2)34-12-10-21-15-25(32-23-8-6-22(29)7-9-23)20(17-30)16-28(21,18-34)26(35)27-31-11-13-36-27/h3-9,11,13-15,17,26,35H,10,12,16,18,30H2,1-2H3. The molecule has 1 fully saturated rings. The molecule has 2 aliphatic rings. The number of benzene rings is 2. The van der Waals surface area contributed by atoms with Gasteiger partial charge in [-0.25, -0.2) is 19.4 Å². The number of hydrazine groups is 1. The van der Waals surface area contributed by atoms with E-state index in [0.29, 0.717) is 37.3 Å². The highest BCUT2D eigenvalue weighted by Crippen LogP contribution is 2.52. The molecule has 38 heavy (non-hydrogen) atoms. The van der Waals surface area contributed by atoms with Crippen LogP contribution in [0.5, 0.6) is 5.75 Å². The van der Waals surface area contributed by atoms with Crippen LogP contribution in [0.4, 0.5) is 10.1 Å². The molecule has 3 N–H and O–H groups in total. The second-order valence-electron chi connectivity index (χ2n) is 9.52. The molecule has 1 aromatic heterocycles. The predicted octanol–water partition coefficient (Wildman–Crippen LogP) is 5.28. The van der Waals surface area contributed by atoms with Gasteiger partial charge in [0.1, 0.15) is 23.9 Å². The molecule has 0 bridgehead atoms. The minimum atomic E-state index is -1.01. The van der Waals surface area contributed by atoms with Crippen molar-refractivity contribution in [1.82, 2.24) is 14.4 Å². The maximum atomic E-state index is 13.4. The fourth-order valence-electron chi connectivity index (χ4n) is 5.00. The van der Waals surface area contributed by atoms with E-state index in [1.165, 1.54) is 43.0 Å². The summed E-state index contributed by atoms with van der Waals surface area (Å²) in [5, 5.41) is 13.8. The third-order valence-electron chi connectivity index (χ3n) is 7.00. The summed E-state index contributed by atoms with van der Waals surface area (Å²) in [5.41, 5.74) is 9.58. The zero-order valence-corrected chi connectivity index (χ0v) is 22.1. The van der Waals surface area contributed by atoms with Crippen LogP contribution in [0.2, 0.25) is 0 Å². The van der Waals surface area contributed by atoms with E-state index in [0.717, 1.165) is 22.5 Å². The highest BCUT2D eigenvalue weighted by molar-refractivity contribution is 7.92. The number of aryl methyl sites for hydroxylation is 1. The second-order valence-corrected chi connectivity index (χ2v) is 10.4. The van der Waals surface area contributed by atoms with Gasteiger partial charge in [0, 0.05) is 25.6 Å². The van der Waals surface area contributed by atoms with E-state index in [9.17, 15) is 9.50 Å². The molecule has 2 aromatic carbocycles. The number of aromatic nitrogens is 1. The fourth-order valence-corrected chi connectivity index (χ4v) is 5.53. The van der Waals surface area contributed by atoms with Crippen LogP contribution < -0.4 is 9.92 Å². The molecule has 3 aromatic rings. The van der Waals surface area contributed by atoms with Gasteiger partial charge >= 0.3 is 0 Å². The van der Waals surface area contributed by atoms with Gasteiger partial charge in [0.15, 0.2) is 12.2 Å². The summed E-state index contributed by atoms with van der Waals surface area (Å²) in [5.74, 6) is 0.695. The van der Waals surface area contributed by atoms with Gasteiger partial charge in [0.05, 0.1) is 17.6 Å². The molecule has 2 atom stereocenters. The Kier molecular flexibility index (Phi) is 7.66. The molecule has 2 heterocycles. The third-order valence-corrected chi connectivity index (χ3v) is 7.72. The minimum Gasteiger partial charge on any atom is -0.446 e. The lowest BCUT2D eigenvalue weighted by Crippen LogP contribution is -2.53. The first-order chi connectivity index (χ1) is 18.4. The Balaban J connectivity index is 1.45. The maximum Gasteiger partial charge on any atom is 0.223 e. The van der Waals surface area contributed by atoms with Crippen LogP contribution >= 0.6 is 12.2 Å². The predicted molar refractivity (Wildman–Crippen MR) is 146 cm³/mol. The number of hydrogen-bond acceptors (Lipinski definition) is 9. The fraction of sp³-hybridized carbons (Fsp3) is 0.286. The van der Waals surface area contributed by atoms with Gasteiger partial charge in [0.25, 0.3) is 0 Å². The van der Waals surface area contributed by atoms with E-state index in [2.05, 4.69) is 9.99 Å². The lowest BCUT2D eigenvalue weighted by Gasteiger charge is -2.50. The average molecular weight is 536 g/mol. The molecule has 0 saturated carbocycles. The van der Waals surface area contributed by atoms with E-state index in [4.69, 9.17) is 19.3 Å². The summed E-state index contributed by atoms with van der Waals surface area (Å²) >= 11 is 1.23. The summed E-state index contributed by atoms with van der Waals surface area (Å²) in [6, 6.07) is 13.9. The number of aliphatic hydroxyl groups is 1. The normalized spacial score (nSPS) is 22.9. The van der Waals surface area contributed by atoms with Crippen LogP contribution in [-0.4, -0.2) is 45.4 Å². The van der Waals surface area contributed by atoms with E-state index in [1.54, 1.807) is 12.1 Å². The van der Waals surface area contributed by atoms with E-state index >= 15 is 0 Å². The topological polar surface area (TPSA) is 100 Å². The summed E-state index contributed by atoms with van der Waals surface area (Å²) in [6.45, 7) is 3.20. The molecule has 5 rings (SSSR count). The van der Waals surface area contributed by atoms with Gasteiger partial charge in [-0.15, -0.1) is 0 Å². The Morgan fingerprint density at radius 1 is 1.32 bits per heavy atom. The molecule has 1 aliphatic heterocycles. The third kappa shape index (κ3) is 5.39. The molecule has 0 radical (unpaired) electrons. The van der Waals surface area contributed by atoms with Crippen LogP contribution in [0.3, 0.4) is 0 Å². The van der Waals surface area contributed by atoms with E-state index in [-0.39, 0.29) is 11.7 Å². The van der Waals surface area contributed by atoms with Crippen molar-refractivity contribution in [1.29, 1.82) is 0 Å². The van der Waals surface area contributed by atoms with Crippen LogP contribution in [0, 0.1) is 18.2 Å². The number of piperidine rings is 1. The van der Waals surface area contributed by atoms with Crippen LogP contribution in [0.25, 0.3) is 0 Å². The van der Waals surface area contributed by atoms with Crippen LogP contribution in [0.1, 0.15) is 30.4 Å². The number of allylic oxidation sites excluding steroid dienone is 2. The number of aliphatic imine (C=N–C) groups is 1. The number of aliphatic hydroxyl groups excluding tert-OH is 1. The van der Waals surface area contributed by atoms with Gasteiger partial charge in [-0.05, 0) is 79.6 Å². The summed E-state index contributed by atoms with van der Waals surface area (Å²) in [7, 11) is 1.93. The van der Waals surface area contributed by atoms with Crippen molar-refractivity contribution in [2.75, 3.05) is 20.1 Å². The molecule has 2 unspecified atom stereocenters. The van der Waals surface area contributed by atoms with Gasteiger partial charge in [-0.1, -0.05) is 17.7 Å². The van der Waals surface area contributed by atoms with E-state index < -0.39 is 11.5 Å². The van der Waals surface area contributed by atoms with Gasteiger partial charge < -0.3 is 19.4 Å². The van der Waals surface area contributed by atoms with Crippen LogP contribution in [-0.2, 0) is 0 Å². The average Bonchev–Trinajstić information content (AvgIpc) is 3.47. The minimum absolute atomic E-state index is 0.249. The van der Waals surface area contributed by atoms with Crippen molar-refractivity contribution < 1.29 is 18.1 Å². The van der Waals surface area contributed by atoms with Gasteiger partial charge in [-0.2, -0.15) is 4.41 Å². The molecule has 8 nitrogen and oxygen atoms in total. The smallest absolute Gasteiger partial charge is 0.223 e. The zero-order valence-electron chi connectivity index (χ0n) is 21.3. The zero-order chi connectivity index (χ0) is 26.7. The summed E-state index contributed by atoms with van der Waals surface area (Å²) in [4.78, 5) is 8.99. The molecule has 0 spiro atoms. The first-order valence-electron chi connectivity index (χ1n) is 12.3. The summed E-state index contributed by atoms with van der Waals surface area (Å²) in [6.07, 6.45) is 6.59. The highest BCUT2D eigenvalue weighted by atomic mass is 32.2. The molecule has 0 amide bonds. The quantitative estimate of drug-likeness (QED) is 0.311. The molecule has 1 saturated heterocycles. The number of nitrogens with zero attached hydrogens (tertiary/aromatic N) is 4. The Morgan fingerprint density at radius 3 is 2.84 bits per heavy atom. The largest absolute Gasteiger partial charge is 0.446 e. The maximum absolute atomic E-state index is 13.4. The van der Waals surface area contributed by atoms with Crippen molar-refractivity contribution >= 4 is 23.6 Å². The van der Waals surface area contributed by atoms with Crippen molar-refractivity contribution in [3.8, 4) is 5.75 Å². The lowest BCUT2D eigenvalue weighted by atomic mass is 9.64. The molecule has 10 heteroatoms. The van der Waals surface area contributed by atoms with Crippen molar-refractivity contribution in [3.63, 3.8) is 0 Å². The monoisotopic (exact) mass is 535 g/mol. The molecule has 198 valence electrons. The van der Waals surface area contributed by atoms with Crippen LogP contribution in [0.15, 0.2) is 93.8 Å². The summed E-state index contributed by atoms with van der Waals surface area (Å²) < 4.78 is 26.9. The Morgan fingerprint density at radius 2 is 2.13 bits per heavy atom. The number of nitrogens with two attached hydrogens (primary N) is 1. The van der Waals surface area contributed by atoms with Crippen molar-refractivity contribution in [3.05, 3.63) is 102 Å². The van der Waals surface area contributed by atoms with Gasteiger partial charge in [-0.3, -0.25) is 0 Å². The van der Waals surface area contributed by atoms with E-state index in [1.807, 2.05) is 48.7 Å². The first-order valence-corrected chi connectivity index (χ1v) is 13.0. The first kappa shape index (κ1) is 26.2. The van der Waals surface area contributed by atoms with Crippen molar-refractivity contribution in [2.45, 2.75) is 25.9 Å². The molecular formula is C28H30FN5O3S. The molecule has 1 aliphatic carbocycles. The lowest BCUT2D eigenvalue weighted by molar-refractivity contribution is -0.0517. The molecular weight excluding hydrogens is 505 g/mol. The number of rotatable bonds is 7. The number of oxazole rings is 1.